The molecule has 0 atom stereocenters. The summed E-state index contributed by atoms with van der Waals surface area (Å²) in [6.45, 7) is 0. The van der Waals surface area contributed by atoms with Gasteiger partial charge in [-0.2, -0.15) is 0 Å². The van der Waals surface area contributed by atoms with Crippen LogP contribution in [0.25, 0.3) is 0 Å². The Hall–Kier alpha value is 0.0614. The second-order valence-corrected chi connectivity index (χ2v) is 1.98. The molecule has 1 N–H and O–H groups in total. The van der Waals surface area contributed by atoms with Crippen LogP contribution in [-0.2, 0) is 4.74 Å². The van der Waals surface area contributed by atoms with E-state index in [0.717, 1.165) is 5.69 Å². The fraction of sp³-hybridized carbons (Fsp3) is 0.125. The van der Waals surface area contributed by atoms with Crippen molar-refractivity contribution in [1.82, 2.24) is 0 Å². The molecular formula is C8H11BaNO2. The summed E-state index contributed by atoms with van der Waals surface area (Å²) in [6, 6.07) is 9.13. The van der Waals surface area contributed by atoms with Crippen molar-refractivity contribution < 1.29 is 12.4 Å². The standard InChI is InChI=1S/C8H9NO2.Ba.2H/c1-11-8(10)9-7-5-3-2-4-6-7;;;/h2-6H,1H3,(H,9,10);;;/q;+2;2*-1. The predicted molar refractivity (Wildman–Crippen MR) is 50.4 cm³/mol. The van der Waals surface area contributed by atoms with E-state index >= 15 is 0 Å². The molecule has 0 fully saturated rings. The third-order valence-electron chi connectivity index (χ3n) is 1.21. The number of nitrogens with one attached hydrogen (secondary N) is 1. The summed E-state index contributed by atoms with van der Waals surface area (Å²) in [7, 11) is 1.33. The molecule has 0 saturated carbocycles. The third kappa shape index (κ3) is 4.18. The molecule has 0 unspecified atom stereocenters. The Bertz CT molecular complexity index is 246. The first-order chi connectivity index (χ1) is 5.33. The van der Waals surface area contributed by atoms with Gasteiger partial charge in [0.05, 0.1) is 7.11 Å². The van der Waals surface area contributed by atoms with E-state index in [-0.39, 0.29) is 51.7 Å². The number of hydrogen-bond donors (Lipinski definition) is 1. The summed E-state index contributed by atoms with van der Waals surface area (Å²) in [5.41, 5.74) is 0.736. The summed E-state index contributed by atoms with van der Waals surface area (Å²) < 4.78 is 4.40. The first kappa shape index (κ1) is 12.1. The molecule has 1 rings (SSSR count). The molecule has 1 aromatic carbocycles. The SMILES string of the molecule is COC(=O)Nc1ccccc1.[Ba+2].[H-].[H-]. The van der Waals surface area contributed by atoms with Crippen LogP contribution in [0.3, 0.4) is 0 Å². The number of anilines is 1. The van der Waals surface area contributed by atoms with Crippen molar-refractivity contribution in [3.05, 3.63) is 30.3 Å². The first-order valence-electron chi connectivity index (χ1n) is 3.23. The molecule has 0 aliphatic rings. The van der Waals surface area contributed by atoms with Gasteiger partial charge in [-0.15, -0.1) is 0 Å². The normalized spacial score (nSPS) is 8.08. The molecule has 0 saturated heterocycles. The summed E-state index contributed by atoms with van der Waals surface area (Å²) in [6.07, 6.45) is -0.448. The van der Waals surface area contributed by atoms with Gasteiger partial charge in [0.15, 0.2) is 0 Å². The number of carbonyl (C=O) groups is 1. The summed E-state index contributed by atoms with van der Waals surface area (Å²) >= 11 is 0. The molecule has 0 aromatic heterocycles. The van der Waals surface area contributed by atoms with Gasteiger partial charge in [0.1, 0.15) is 0 Å². The van der Waals surface area contributed by atoms with Crippen LogP contribution in [0.15, 0.2) is 30.3 Å². The Labute approximate surface area is 115 Å². The fourth-order valence-electron chi connectivity index (χ4n) is 0.690. The molecule has 0 bridgehead atoms. The number of hydrogen-bond acceptors (Lipinski definition) is 2. The van der Waals surface area contributed by atoms with Crippen molar-refractivity contribution in [3.8, 4) is 0 Å². The molecule has 0 spiro atoms. The third-order valence-corrected chi connectivity index (χ3v) is 1.21. The maximum absolute atomic E-state index is 10.6. The van der Waals surface area contributed by atoms with Gasteiger partial charge in [0.2, 0.25) is 0 Å². The number of ether oxygens (including phenoxy) is 1. The number of benzene rings is 1. The van der Waals surface area contributed by atoms with Crippen molar-refractivity contribution >= 4 is 60.7 Å². The average molecular weight is 291 g/mol. The summed E-state index contributed by atoms with van der Waals surface area (Å²) in [5.74, 6) is 0. The Morgan fingerprint density at radius 2 is 2.00 bits per heavy atom. The zero-order chi connectivity index (χ0) is 8.10. The average Bonchev–Trinajstić information content (AvgIpc) is 2.06. The second kappa shape index (κ2) is 6.56. The van der Waals surface area contributed by atoms with Crippen LogP contribution in [0.5, 0.6) is 0 Å². The van der Waals surface area contributed by atoms with Gasteiger partial charge < -0.3 is 7.59 Å². The van der Waals surface area contributed by atoms with E-state index in [4.69, 9.17) is 0 Å². The number of para-hydroxylation sites is 1. The predicted octanol–water partition coefficient (Wildman–Crippen LogP) is 1.71. The molecule has 0 heterocycles. The zero-order valence-electron chi connectivity index (χ0n) is 8.91. The molecule has 1 amide bonds. The molecule has 0 aliphatic carbocycles. The van der Waals surface area contributed by atoms with E-state index in [1.165, 1.54) is 7.11 Å². The van der Waals surface area contributed by atoms with Gasteiger partial charge in [0, 0.05) is 5.69 Å². The molecule has 3 nitrogen and oxygen atoms in total. The summed E-state index contributed by atoms with van der Waals surface area (Å²) in [4.78, 5) is 10.6. The summed E-state index contributed by atoms with van der Waals surface area (Å²) in [5, 5.41) is 2.53. The minimum atomic E-state index is -0.448. The molecule has 4 heteroatoms. The van der Waals surface area contributed by atoms with Crippen molar-refractivity contribution in [2.45, 2.75) is 0 Å². The van der Waals surface area contributed by atoms with E-state index in [1.807, 2.05) is 18.2 Å². The van der Waals surface area contributed by atoms with Gasteiger partial charge in [-0.3, -0.25) is 5.32 Å². The Morgan fingerprint density at radius 3 is 2.50 bits per heavy atom. The fourth-order valence-corrected chi connectivity index (χ4v) is 0.690. The molecule has 0 aliphatic heterocycles. The van der Waals surface area contributed by atoms with Crippen LogP contribution >= 0.6 is 0 Å². The van der Waals surface area contributed by atoms with Crippen molar-refractivity contribution in [2.75, 3.05) is 12.4 Å². The van der Waals surface area contributed by atoms with E-state index in [0.29, 0.717) is 0 Å². The monoisotopic (exact) mass is 291 g/mol. The number of rotatable bonds is 1. The first-order valence-corrected chi connectivity index (χ1v) is 3.23. The largest absolute Gasteiger partial charge is 2.00 e. The van der Waals surface area contributed by atoms with Crippen LogP contribution in [-0.4, -0.2) is 62.1 Å². The number of carbonyl (C=O) groups excluding carboxylic acids is 1. The van der Waals surface area contributed by atoms with Gasteiger partial charge in [-0.05, 0) is 12.1 Å². The molecule has 12 heavy (non-hydrogen) atoms. The Kier molecular flexibility index (Phi) is 6.60. The Morgan fingerprint density at radius 1 is 1.42 bits per heavy atom. The van der Waals surface area contributed by atoms with E-state index in [2.05, 4.69) is 10.1 Å². The smallest absolute Gasteiger partial charge is 1.00 e. The van der Waals surface area contributed by atoms with E-state index in [1.54, 1.807) is 12.1 Å². The number of methoxy groups -OCH3 is 1. The molecule has 1 aromatic rings. The van der Waals surface area contributed by atoms with Crippen LogP contribution in [0.1, 0.15) is 2.85 Å². The van der Waals surface area contributed by atoms with Gasteiger partial charge >= 0.3 is 55.0 Å². The van der Waals surface area contributed by atoms with Gasteiger partial charge in [-0.25, -0.2) is 4.79 Å². The minimum Gasteiger partial charge on any atom is -1.00 e. The topological polar surface area (TPSA) is 38.3 Å². The van der Waals surface area contributed by atoms with Gasteiger partial charge in [-0.1, -0.05) is 18.2 Å². The van der Waals surface area contributed by atoms with Crippen LogP contribution in [0.2, 0.25) is 0 Å². The van der Waals surface area contributed by atoms with E-state index in [9.17, 15) is 4.79 Å². The molecular weight excluding hydrogens is 279 g/mol. The van der Waals surface area contributed by atoms with Crippen molar-refractivity contribution in [3.63, 3.8) is 0 Å². The maximum Gasteiger partial charge on any atom is 2.00 e. The van der Waals surface area contributed by atoms with Crippen LogP contribution in [0, 0.1) is 0 Å². The molecule has 0 radical (unpaired) electrons. The van der Waals surface area contributed by atoms with Crippen molar-refractivity contribution in [2.24, 2.45) is 0 Å². The minimum absolute atomic E-state index is 0. The van der Waals surface area contributed by atoms with Crippen molar-refractivity contribution in [1.29, 1.82) is 0 Å². The quantitative estimate of drug-likeness (QED) is 0.800. The Balaban J connectivity index is -0.000000403. The molecule has 62 valence electrons. The second-order valence-electron chi connectivity index (χ2n) is 1.98. The van der Waals surface area contributed by atoms with E-state index < -0.39 is 6.09 Å². The zero-order valence-corrected chi connectivity index (χ0v) is 11.4. The van der Waals surface area contributed by atoms with Gasteiger partial charge in [0.25, 0.3) is 0 Å². The maximum atomic E-state index is 10.6. The van der Waals surface area contributed by atoms with Crippen LogP contribution < -0.4 is 5.32 Å². The number of amides is 1. The van der Waals surface area contributed by atoms with Crippen LogP contribution in [0.4, 0.5) is 10.5 Å².